The van der Waals surface area contributed by atoms with E-state index in [9.17, 15) is 0 Å². The predicted molar refractivity (Wildman–Crippen MR) is 90.2 cm³/mol. The second-order valence-corrected chi connectivity index (χ2v) is 6.81. The van der Waals surface area contributed by atoms with Crippen LogP contribution in [0.25, 0.3) is 10.2 Å². The number of hydrogen-bond donors (Lipinski definition) is 1. The van der Waals surface area contributed by atoms with E-state index in [1.165, 1.54) is 23.1 Å². The molecule has 0 spiro atoms. The average Bonchev–Trinajstić information content (AvgIpc) is 2.90. The maximum atomic E-state index is 4.61. The largest absolute Gasteiger partial charge is 0.355 e. The fourth-order valence-electron chi connectivity index (χ4n) is 3.11. The molecule has 114 valence electrons. The van der Waals surface area contributed by atoms with Crippen LogP contribution in [0.3, 0.4) is 0 Å². The zero-order valence-corrected chi connectivity index (χ0v) is 13.7. The first kappa shape index (κ1) is 14.7. The Balaban J connectivity index is 1.87. The van der Waals surface area contributed by atoms with Gasteiger partial charge in [0.25, 0.3) is 0 Å². The minimum absolute atomic E-state index is 0.781. The third-order valence-corrected chi connectivity index (χ3v) is 5.33. The van der Waals surface area contributed by atoms with Crippen molar-refractivity contribution in [2.75, 3.05) is 31.1 Å². The van der Waals surface area contributed by atoms with Gasteiger partial charge in [0.15, 0.2) is 0 Å². The molecule has 0 atom stereocenters. The summed E-state index contributed by atoms with van der Waals surface area (Å²) in [5.74, 6) is 1.92. The van der Waals surface area contributed by atoms with Crippen LogP contribution < -0.4 is 10.2 Å². The molecule has 0 radical (unpaired) electrons. The van der Waals surface area contributed by atoms with Gasteiger partial charge in [0.1, 0.15) is 12.1 Å². The fourth-order valence-corrected chi connectivity index (χ4v) is 4.13. The van der Waals surface area contributed by atoms with Gasteiger partial charge in [-0.1, -0.05) is 6.92 Å². The summed E-state index contributed by atoms with van der Waals surface area (Å²) in [7, 11) is 0. The Kier molecular flexibility index (Phi) is 4.70. The van der Waals surface area contributed by atoms with Crippen LogP contribution in [0, 0.1) is 12.8 Å². The van der Waals surface area contributed by atoms with Gasteiger partial charge in [0, 0.05) is 13.1 Å². The number of piperidine rings is 1. The van der Waals surface area contributed by atoms with Crippen LogP contribution in [0.1, 0.15) is 31.7 Å². The van der Waals surface area contributed by atoms with Crippen molar-refractivity contribution in [3.05, 3.63) is 17.3 Å². The highest BCUT2D eigenvalue weighted by molar-refractivity contribution is 7.18. The number of fused-ring (bicyclic) bond motifs is 1. The fraction of sp³-hybridized carbons (Fsp3) is 0.625. The van der Waals surface area contributed by atoms with Gasteiger partial charge in [-0.05, 0) is 56.1 Å². The summed E-state index contributed by atoms with van der Waals surface area (Å²) >= 11 is 1.78. The van der Waals surface area contributed by atoms with Gasteiger partial charge >= 0.3 is 0 Å². The van der Waals surface area contributed by atoms with Crippen molar-refractivity contribution in [1.29, 1.82) is 0 Å². The summed E-state index contributed by atoms with van der Waals surface area (Å²) in [5.41, 5.74) is 2.38. The molecule has 3 heterocycles. The second-order valence-electron chi connectivity index (χ2n) is 5.93. The van der Waals surface area contributed by atoms with E-state index in [-0.39, 0.29) is 0 Å². The highest BCUT2D eigenvalue weighted by atomic mass is 32.1. The van der Waals surface area contributed by atoms with Gasteiger partial charge in [-0.25, -0.2) is 9.97 Å². The SMILES string of the molecule is CCCN(CC1CCNCC1)c1ncnc2c(C)csc12. The Morgan fingerprint density at radius 2 is 2.14 bits per heavy atom. The van der Waals surface area contributed by atoms with Gasteiger partial charge in [0.2, 0.25) is 0 Å². The summed E-state index contributed by atoms with van der Waals surface area (Å²) in [6, 6.07) is 0. The number of nitrogens with one attached hydrogen (secondary N) is 1. The number of aromatic nitrogens is 2. The molecule has 0 unspecified atom stereocenters. The van der Waals surface area contributed by atoms with Crippen molar-refractivity contribution in [2.45, 2.75) is 33.1 Å². The van der Waals surface area contributed by atoms with Gasteiger partial charge in [-0.2, -0.15) is 0 Å². The first-order valence-electron chi connectivity index (χ1n) is 7.94. The van der Waals surface area contributed by atoms with Gasteiger partial charge in [-0.3, -0.25) is 0 Å². The molecule has 21 heavy (non-hydrogen) atoms. The molecule has 0 bridgehead atoms. The summed E-state index contributed by atoms with van der Waals surface area (Å²) in [6.07, 6.45) is 5.43. The van der Waals surface area contributed by atoms with E-state index >= 15 is 0 Å². The molecule has 2 aromatic rings. The molecular weight excluding hydrogens is 280 g/mol. The number of rotatable bonds is 5. The number of thiophene rings is 1. The highest BCUT2D eigenvalue weighted by Gasteiger charge is 2.20. The molecule has 0 aromatic carbocycles. The van der Waals surface area contributed by atoms with Crippen LogP contribution in [0.4, 0.5) is 5.82 Å². The van der Waals surface area contributed by atoms with Crippen molar-refractivity contribution in [3.63, 3.8) is 0 Å². The van der Waals surface area contributed by atoms with Crippen molar-refractivity contribution in [2.24, 2.45) is 5.92 Å². The Morgan fingerprint density at radius 3 is 2.90 bits per heavy atom. The first-order chi connectivity index (χ1) is 10.3. The number of nitrogens with zero attached hydrogens (tertiary/aromatic N) is 3. The van der Waals surface area contributed by atoms with Crippen LogP contribution in [0.2, 0.25) is 0 Å². The van der Waals surface area contributed by atoms with Gasteiger partial charge < -0.3 is 10.2 Å². The van der Waals surface area contributed by atoms with Crippen LogP contribution >= 0.6 is 11.3 Å². The average molecular weight is 304 g/mol. The first-order valence-corrected chi connectivity index (χ1v) is 8.82. The molecular formula is C16H24N4S. The molecule has 2 aromatic heterocycles. The van der Waals surface area contributed by atoms with Crippen molar-refractivity contribution >= 4 is 27.4 Å². The molecule has 4 nitrogen and oxygen atoms in total. The van der Waals surface area contributed by atoms with E-state index in [0.29, 0.717) is 0 Å². The van der Waals surface area contributed by atoms with E-state index in [1.807, 2.05) is 0 Å². The quantitative estimate of drug-likeness (QED) is 0.921. The maximum Gasteiger partial charge on any atom is 0.150 e. The van der Waals surface area contributed by atoms with Gasteiger partial charge in [0.05, 0.1) is 10.2 Å². The Hall–Kier alpha value is -1.20. The highest BCUT2D eigenvalue weighted by Crippen LogP contribution is 2.31. The summed E-state index contributed by atoms with van der Waals surface area (Å²) in [6.45, 7) is 8.88. The lowest BCUT2D eigenvalue weighted by Crippen LogP contribution is -2.37. The van der Waals surface area contributed by atoms with Gasteiger partial charge in [-0.15, -0.1) is 11.3 Å². The predicted octanol–water partition coefficient (Wildman–Crippen LogP) is 3.22. The molecule has 5 heteroatoms. The van der Waals surface area contributed by atoms with E-state index in [2.05, 4.69) is 39.4 Å². The standard InChI is InChI=1S/C16H24N4S/c1-3-8-20(9-13-4-6-17-7-5-13)16-15-14(18-11-19-16)12(2)10-21-15/h10-11,13,17H,3-9H2,1-2H3. The number of anilines is 1. The lowest BCUT2D eigenvalue weighted by Gasteiger charge is -2.30. The molecule has 1 aliphatic rings. The Bertz CT molecular complexity index is 589. The van der Waals surface area contributed by atoms with E-state index in [1.54, 1.807) is 17.7 Å². The minimum atomic E-state index is 0.781. The van der Waals surface area contributed by atoms with Crippen LogP contribution in [0.5, 0.6) is 0 Å². The van der Waals surface area contributed by atoms with E-state index < -0.39 is 0 Å². The lowest BCUT2D eigenvalue weighted by atomic mass is 9.97. The summed E-state index contributed by atoms with van der Waals surface area (Å²) in [4.78, 5) is 11.5. The van der Waals surface area contributed by atoms with Crippen LogP contribution in [-0.2, 0) is 0 Å². The van der Waals surface area contributed by atoms with Crippen molar-refractivity contribution < 1.29 is 0 Å². The number of hydrogen-bond acceptors (Lipinski definition) is 5. The normalized spacial score (nSPS) is 16.5. The monoisotopic (exact) mass is 304 g/mol. The Morgan fingerprint density at radius 1 is 1.33 bits per heavy atom. The molecule has 0 saturated carbocycles. The number of aryl methyl sites for hydroxylation is 1. The second kappa shape index (κ2) is 6.71. The smallest absolute Gasteiger partial charge is 0.150 e. The third-order valence-electron chi connectivity index (χ3n) is 4.24. The molecule has 0 aliphatic carbocycles. The zero-order valence-electron chi connectivity index (χ0n) is 12.9. The van der Waals surface area contributed by atoms with E-state index in [4.69, 9.17) is 0 Å². The van der Waals surface area contributed by atoms with E-state index in [0.717, 1.165) is 49.9 Å². The van der Waals surface area contributed by atoms with Crippen molar-refractivity contribution in [1.82, 2.24) is 15.3 Å². The molecule has 1 N–H and O–H groups in total. The molecule has 1 fully saturated rings. The minimum Gasteiger partial charge on any atom is -0.355 e. The van der Waals surface area contributed by atoms with Crippen molar-refractivity contribution in [3.8, 4) is 0 Å². The lowest BCUT2D eigenvalue weighted by molar-refractivity contribution is 0.373. The summed E-state index contributed by atoms with van der Waals surface area (Å²) in [5, 5.41) is 5.64. The van der Waals surface area contributed by atoms with Crippen LogP contribution in [-0.4, -0.2) is 36.1 Å². The van der Waals surface area contributed by atoms with Crippen LogP contribution in [0.15, 0.2) is 11.7 Å². The zero-order chi connectivity index (χ0) is 14.7. The summed E-state index contributed by atoms with van der Waals surface area (Å²) < 4.78 is 1.25. The maximum absolute atomic E-state index is 4.61. The molecule has 1 aliphatic heterocycles. The topological polar surface area (TPSA) is 41.0 Å². The Labute approximate surface area is 130 Å². The molecule has 3 rings (SSSR count). The third kappa shape index (κ3) is 3.19. The molecule has 0 amide bonds. The molecule has 1 saturated heterocycles.